The molecule has 1 fully saturated rings. The van der Waals surface area contributed by atoms with Gasteiger partial charge in [-0.05, 0) is 19.0 Å². The van der Waals surface area contributed by atoms with E-state index in [1.807, 2.05) is 30.3 Å². The number of hydrogen-bond acceptors (Lipinski definition) is 3. The van der Waals surface area contributed by atoms with Crippen molar-refractivity contribution in [3.05, 3.63) is 35.9 Å². The minimum Gasteiger partial charge on any atom is -0.309 e. The van der Waals surface area contributed by atoms with Crippen molar-refractivity contribution >= 4 is 5.91 Å². The van der Waals surface area contributed by atoms with Gasteiger partial charge in [-0.2, -0.15) is 0 Å². The molecule has 1 N–H and O–H groups in total. The van der Waals surface area contributed by atoms with E-state index < -0.39 is 0 Å². The Balaban J connectivity index is 1.86. The van der Waals surface area contributed by atoms with Crippen molar-refractivity contribution < 1.29 is 9.63 Å². The SMILES string of the molecule is CNC1CCN(OCc2ccccc2)C1=O. The van der Waals surface area contributed by atoms with E-state index >= 15 is 0 Å². The number of rotatable bonds is 4. The number of nitrogens with one attached hydrogen (secondary N) is 1. The number of benzene rings is 1. The average molecular weight is 220 g/mol. The molecule has 4 heteroatoms. The Morgan fingerprint density at radius 1 is 1.44 bits per heavy atom. The monoisotopic (exact) mass is 220 g/mol. The molecule has 1 aliphatic rings. The fourth-order valence-electron chi connectivity index (χ4n) is 1.78. The summed E-state index contributed by atoms with van der Waals surface area (Å²) in [6.45, 7) is 1.11. The van der Waals surface area contributed by atoms with Gasteiger partial charge in [-0.1, -0.05) is 30.3 Å². The first kappa shape index (κ1) is 11.1. The number of amides is 1. The molecule has 1 amide bonds. The lowest BCUT2D eigenvalue weighted by Gasteiger charge is -2.16. The third-order valence-electron chi connectivity index (χ3n) is 2.74. The largest absolute Gasteiger partial charge is 0.309 e. The van der Waals surface area contributed by atoms with Crippen molar-refractivity contribution in [2.45, 2.75) is 19.1 Å². The normalized spacial score (nSPS) is 20.4. The fraction of sp³-hybridized carbons (Fsp3) is 0.417. The lowest BCUT2D eigenvalue weighted by molar-refractivity contribution is -0.183. The van der Waals surface area contributed by atoms with Gasteiger partial charge in [0.05, 0.1) is 12.6 Å². The molecule has 0 aromatic heterocycles. The molecule has 4 nitrogen and oxygen atoms in total. The van der Waals surface area contributed by atoms with Gasteiger partial charge in [-0.15, -0.1) is 0 Å². The van der Waals surface area contributed by atoms with Crippen LogP contribution in [0.15, 0.2) is 30.3 Å². The maximum Gasteiger partial charge on any atom is 0.263 e. The topological polar surface area (TPSA) is 41.6 Å². The summed E-state index contributed by atoms with van der Waals surface area (Å²) in [4.78, 5) is 17.2. The number of carbonyl (C=O) groups is 1. The molecule has 1 saturated heterocycles. The van der Waals surface area contributed by atoms with Gasteiger partial charge in [-0.25, -0.2) is 5.06 Å². The van der Waals surface area contributed by atoms with E-state index in [4.69, 9.17) is 4.84 Å². The van der Waals surface area contributed by atoms with Crippen LogP contribution in [0.4, 0.5) is 0 Å². The molecule has 2 rings (SSSR count). The third kappa shape index (κ3) is 2.40. The van der Waals surface area contributed by atoms with Crippen molar-refractivity contribution in [2.24, 2.45) is 0 Å². The molecular formula is C12H16N2O2. The van der Waals surface area contributed by atoms with Gasteiger partial charge in [0, 0.05) is 0 Å². The predicted octanol–water partition coefficient (Wildman–Crippen LogP) is 0.938. The number of nitrogens with zero attached hydrogens (tertiary/aromatic N) is 1. The molecule has 0 radical (unpaired) electrons. The quantitative estimate of drug-likeness (QED) is 0.821. The van der Waals surface area contributed by atoms with E-state index in [9.17, 15) is 4.79 Å². The highest BCUT2D eigenvalue weighted by Crippen LogP contribution is 2.13. The Labute approximate surface area is 95.2 Å². The third-order valence-corrected chi connectivity index (χ3v) is 2.74. The van der Waals surface area contributed by atoms with Crippen LogP contribution in [0.5, 0.6) is 0 Å². The summed E-state index contributed by atoms with van der Waals surface area (Å²) in [7, 11) is 1.79. The van der Waals surface area contributed by atoms with E-state index in [1.165, 1.54) is 5.06 Å². The Kier molecular flexibility index (Phi) is 3.54. The first-order valence-electron chi connectivity index (χ1n) is 5.47. The van der Waals surface area contributed by atoms with Gasteiger partial charge < -0.3 is 5.32 Å². The molecule has 0 saturated carbocycles. The van der Waals surface area contributed by atoms with Crippen LogP contribution in [0, 0.1) is 0 Å². The van der Waals surface area contributed by atoms with Crippen LogP contribution in [-0.2, 0) is 16.2 Å². The first-order chi connectivity index (χ1) is 7.81. The van der Waals surface area contributed by atoms with E-state index in [0.717, 1.165) is 12.0 Å². The summed E-state index contributed by atoms with van der Waals surface area (Å²) in [5.74, 6) is 0.0263. The summed E-state index contributed by atoms with van der Waals surface area (Å²) in [6, 6.07) is 9.76. The summed E-state index contributed by atoms with van der Waals surface area (Å²) in [5, 5.41) is 4.42. The van der Waals surface area contributed by atoms with Gasteiger partial charge in [-0.3, -0.25) is 9.63 Å². The number of hydrogen-bond donors (Lipinski definition) is 1. The highest BCUT2D eigenvalue weighted by atomic mass is 16.7. The van der Waals surface area contributed by atoms with E-state index in [2.05, 4.69) is 5.32 Å². The van der Waals surface area contributed by atoms with E-state index in [1.54, 1.807) is 7.05 Å². The molecule has 0 spiro atoms. The van der Waals surface area contributed by atoms with Crippen LogP contribution in [0.1, 0.15) is 12.0 Å². The highest BCUT2D eigenvalue weighted by molar-refractivity contribution is 5.82. The molecular weight excluding hydrogens is 204 g/mol. The van der Waals surface area contributed by atoms with Crippen LogP contribution in [0.2, 0.25) is 0 Å². The Hall–Kier alpha value is -1.39. The smallest absolute Gasteiger partial charge is 0.263 e. The number of hydroxylamine groups is 2. The minimum absolute atomic E-state index is 0.0263. The molecule has 0 aliphatic carbocycles. The van der Waals surface area contributed by atoms with Gasteiger partial charge >= 0.3 is 0 Å². The van der Waals surface area contributed by atoms with Crippen molar-refractivity contribution in [1.82, 2.24) is 10.4 Å². The van der Waals surface area contributed by atoms with E-state index in [0.29, 0.717) is 13.2 Å². The van der Waals surface area contributed by atoms with Crippen LogP contribution < -0.4 is 5.32 Å². The van der Waals surface area contributed by atoms with Gasteiger partial charge in [0.2, 0.25) is 0 Å². The van der Waals surface area contributed by atoms with Crippen molar-refractivity contribution in [3.63, 3.8) is 0 Å². The maximum atomic E-state index is 11.7. The fourth-order valence-corrected chi connectivity index (χ4v) is 1.78. The molecule has 1 unspecified atom stereocenters. The van der Waals surface area contributed by atoms with Crippen LogP contribution >= 0.6 is 0 Å². The van der Waals surface area contributed by atoms with Crippen LogP contribution in [0.3, 0.4) is 0 Å². The maximum absolute atomic E-state index is 11.7. The number of likely N-dealkylation sites (N-methyl/N-ethyl adjacent to an activating group) is 1. The average Bonchev–Trinajstić information content (AvgIpc) is 2.69. The minimum atomic E-state index is -0.0872. The predicted molar refractivity (Wildman–Crippen MR) is 60.4 cm³/mol. The highest BCUT2D eigenvalue weighted by Gasteiger charge is 2.31. The van der Waals surface area contributed by atoms with Gasteiger partial charge in [0.15, 0.2) is 0 Å². The second-order valence-electron chi connectivity index (χ2n) is 3.83. The van der Waals surface area contributed by atoms with Crippen molar-refractivity contribution in [3.8, 4) is 0 Å². The van der Waals surface area contributed by atoms with Gasteiger partial charge in [0.1, 0.15) is 6.61 Å². The zero-order valence-electron chi connectivity index (χ0n) is 9.35. The van der Waals surface area contributed by atoms with Gasteiger partial charge in [0.25, 0.3) is 5.91 Å². The zero-order chi connectivity index (χ0) is 11.4. The molecule has 0 bridgehead atoms. The summed E-state index contributed by atoms with van der Waals surface area (Å²) < 4.78 is 0. The molecule has 86 valence electrons. The zero-order valence-corrected chi connectivity index (χ0v) is 9.35. The molecule has 1 aliphatic heterocycles. The second kappa shape index (κ2) is 5.09. The first-order valence-corrected chi connectivity index (χ1v) is 5.47. The van der Waals surface area contributed by atoms with Crippen molar-refractivity contribution in [2.75, 3.05) is 13.6 Å². The van der Waals surface area contributed by atoms with E-state index in [-0.39, 0.29) is 11.9 Å². The Bertz CT molecular complexity index is 353. The Morgan fingerprint density at radius 2 is 2.19 bits per heavy atom. The molecule has 1 aromatic carbocycles. The van der Waals surface area contributed by atoms with Crippen LogP contribution in [0.25, 0.3) is 0 Å². The lowest BCUT2D eigenvalue weighted by atomic mass is 10.2. The lowest BCUT2D eigenvalue weighted by Crippen LogP contribution is -2.36. The molecule has 1 heterocycles. The van der Waals surface area contributed by atoms with Crippen LogP contribution in [-0.4, -0.2) is 30.6 Å². The summed E-state index contributed by atoms with van der Waals surface area (Å²) >= 11 is 0. The molecule has 1 atom stereocenters. The number of carbonyl (C=O) groups excluding carboxylic acids is 1. The Morgan fingerprint density at radius 3 is 2.81 bits per heavy atom. The molecule has 16 heavy (non-hydrogen) atoms. The summed E-state index contributed by atoms with van der Waals surface area (Å²) in [6.07, 6.45) is 0.810. The summed E-state index contributed by atoms with van der Waals surface area (Å²) in [5.41, 5.74) is 1.07. The standard InChI is InChI=1S/C12H16N2O2/c1-13-11-7-8-14(12(11)15)16-9-10-5-3-2-4-6-10/h2-6,11,13H,7-9H2,1H3. The molecule has 1 aromatic rings. The second-order valence-corrected chi connectivity index (χ2v) is 3.83. The van der Waals surface area contributed by atoms with Crippen molar-refractivity contribution in [1.29, 1.82) is 0 Å².